The van der Waals surface area contributed by atoms with E-state index in [-0.39, 0.29) is 12.3 Å². The van der Waals surface area contributed by atoms with Gasteiger partial charge in [0.1, 0.15) is 6.54 Å². The number of carbonyl (C=O) groups excluding carboxylic acids is 2. The summed E-state index contributed by atoms with van der Waals surface area (Å²) in [6, 6.07) is 3.17. The molecular weight excluding hydrogens is 234 g/mol. The second kappa shape index (κ2) is 5.59. The largest absolute Gasteiger partial charge is 0.550 e. The van der Waals surface area contributed by atoms with E-state index in [0.717, 1.165) is 10.5 Å². The van der Waals surface area contributed by atoms with Crippen LogP contribution in [0.5, 0.6) is 0 Å². The molecule has 0 saturated carbocycles. The fraction of sp³-hybridized carbons (Fsp3) is 0.417. The maximum Gasteiger partial charge on any atom is 0.278 e. The summed E-state index contributed by atoms with van der Waals surface area (Å²) in [7, 11) is 0. The Morgan fingerprint density at radius 3 is 3.11 bits per heavy atom. The van der Waals surface area contributed by atoms with Crippen LogP contribution in [0.4, 0.5) is 0 Å². The van der Waals surface area contributed by atoms with Gasteiger partial charge in [-0.05, 0) is 6.07 Å². The monoisotopic (exact) mass is 249 g/mol. The van der Waals surface area contributed by atoms with Crippen LogP contribution in [0.1, 0.15) is 12.0 Å². The average Bonchev–Trinajstić information content (AvgIpc) is 2.34. The molecule has 2 heterocycles. The molecule has 0 radical (unpaired) electrons. The van der Waals surface area contributed by atoms with Gasteiger partial charge in [0.15, 0.2) is 6.04 Å². The van der Waals surface area contributed by atoms with Crippen LogP contribution in [-0.4, -0.2) is 36.0 Å². The molecule has 2 unspecified atom stereocenters. The number of hydrogen-bond donors (Lipinski definition) is 2. The van der Waals surface area contributed by atoms with Crippen molar-refractivity contribution in [2.45, 2.75) is 19.0 Å². The summed E-state index contributed by atoms with van der Waals surface area (Å²) in [5.74, 6) is -1.41. The summed E-state index contributed by atoms with van der Waals surface area (Å²) < 4.78 is 0. The maximum atomic E-state index is 11.7. The molecule has 1 aromatic rings. The lowest BCUT2D eigenvalue weighted by atomic mass is 10.1. The van der Waals surface area contributed by atoms with Crippen molar-refractivity contribution < 1.29 is 19.6 Å². The highest BCUT2D eigenvalue weighted by Gasteiger charge is 2.33. The first-order chi connectivity index (χ1) is 8.66. The average molecular weight is 249 g/mol. The number of piperazine rings is 1. The summed E-state index contributed by atoms with van der Waals surface area (Å²) in [6.45, 7) is 1.87. The zero-order valence-corrected chi connectivity index (χ0v) is 9.89. The Morgan fingerprint density at radius 1 is 1.61 bits per heavy atom. The molecule has 1 aliphatic rings. The van der Waals surface area contributed by atoms with Gasteiger partial charge in [-0.25, -0.2) is 0 Å². The van der Waals surface area contributed by atoms with Crippen molar-refractivity contribution in [3.63, 3.8) is 0 Å². The van der Waals surface area contributed by atoms with Crippen molar-refractivity contribution in [2.24, 2.45) is 0 Å². The molecule has 1 aliphatic heterocycles. The zero-order chi connectivity index (χ0) is 13.0. The summed E-state index contributed by atoms with van der Waals surface area (Å²) in [5.41, 5.74) is 0.991. The number of rotatable bonds is 4. The number of nitrogens with zero attached hydrogens (tertiary/aromatic N) is 1. The third-order valence-corrected chi connectivity index (χ3v) is 3.08. The van der Waals surface area contributed by atoms with Crippen LogP contribution in [-0.2, 0) is 16.1 Å². The Kier molecular flexibility index (Phi) is 3.88. The Bertz CT molecular complexity index is 435. The van der Waals surface area contributed by atoms with Crippen molar-refractivity contribution in [3.8, 4) is 0 Å². The standard InChI is InChI=1S/C12H15N3O3/c16-11(17)6-10-12(18)14-4-5-15(10)8-9-2-1-3-13-7-9/h1-3,7,10H,4-6,8H2,(H,14,18)(H,16,17). The molecule has 2 N–H and O–H groups in total. The highest BCUT2D eigenvalue weighted by atomic mass is 16.4. The van der Waals surface area contributed by atoms with Gasteiger partial charge < -0.3 is 20.1 Å². The predicted octanol–water partition coefficient (Wildman–Crippen LogP) is -2.90. The predicted molar refractivity (Wildman–Crippen MR) is 60.2 cm³/mol. The van der Waals surface area contributed by atoms with Crippen molar-refractivity contribution >= 4 is 11.9 Å². The molecule has 96 valence electrons. The number of carboxylic acid groups (broad SMARTS) is 1. The first-order valence-electron chi connectivity index (χ1n) is 5.88. The normalized spacial score (nSPS) is 23.4. The van der Waals surface area contributed by atoms with E-state index in [9.17, 15) is 14.7 Å². The Balaban J connectivity index is 2.08. The van der Waals surface area contributed by atoms with E-state index in [2.05, 4.69) is 10.3 Å². The molecule has 1 amide bonds. The fourth-order valence-electron chi connectivity index (χ4n) is 2.21. The number of quaternary nitrogens is 1. The van der Waals surface area contributed by atoms with Gasteiger partial charge in [0.25, 0.3) is 5.91 Å². The number of carboxylic acids is 1. The summed E-state index contributed by atoms with van der Waals surface area (Å²) in [5, 5.41) is 13.4. The first kappa shape index (κ1) is 12.5. The highest BCUT2D eigenvalue weighted by Crippen LogP contribution is 1.96. The Hall–Kier alpha value is -1.95. The number of pyridine rings is 1. The number of aromatic nitrogens is 1. The van der Waals surface area contributed by atoms with Gasteiger partial charge in [0.05, 0.1) is 13.1 Å². The smallest absolute Gasteiger partial charge is 0.278 e. The summed E-state index contributed by atoms with van der Waals surface area (Å²) in [4.78, 5) is 27.3. The number of aliphatic carboxylic acids is 1. The lowest BCUT2D eigenvalue weighted by Crippen LogP contribution is -3.18. The van der Waals surface area contributed by atoms with E-state index in [1.165, 1.54) is 0 Å². The molecule has 0 aliphatic carbocycles. The van der Waals surface area contributed by atoms with Crippen LogP contribution in [0.2, 0.25) is 0 Å². The van der Waals surface area contributed by atoms with Gasteiger partial charge in [-0.3, -0.25) is 9.78 Å². The molecule has 6 heteroatoms. The van der Waals surface area contributed by atoms with Gasteiger partial charge >= 0.3 is 0 Å². The van der Waals surface area contributed by atoms with Gasteiger partial charge in [-0.1, -0.05) is 6.07 Å². The van der Waals surface area contributed by atoms with Crippen molar-refractivity contribution in [1.29, 1.82) is 0 Å². The van der Waals surface area contributed by atoms with Crippen LogP contribution in [0, 0.1) is 0 Å². The zero-order valence-electron chi connectivity index (χ0n) is 9.89. The molecule has 0 bridgehead atoms. The number of amides is 1. The molecule has 1 saturated heterocycles. The fourth-order valence-corrected chi connectivity index (χ4v) is 2.21. The lowest BCUT2D eigenvalue weighted by Gasteiger charge is -2.32. The van der Waals surface area contributed by atoms with Gasteiger partial charge in [-0.15, -0.1) is 0 Å². The molecule has 6 nitrogen and oxygen atoms in total. The van der Waals surface area contributed by atoms with E-state index < -0.39 is 12.0 Å². The molecule has 1 fully saturated rings. The van der Waals surface area contributed by atoms with Crippen molar-refractivity contribution in [3.05, 3.63) is 30.1 Å². The number of nitrogens with one attached hydrogen (secondary N) is 2. The number of hydrogen-bond acceptors (Lipinski definition) is 4. The van der Waals surface area contributed by atoms with Crippen LogP contribution in [0.15, 0.2) is 24.5 Å². The van der Waals surface area contributed by atoms with Gasteiger partial charge in [-0.2, -0.15) is 0 Å². The second-order valence-corrected chi connectivity index (χ2v) is 4.37. The molecule has 0 spiro atoms. The minimum absolute atomic E-state index is 0.218. The van der Waals surface area contributed by atoms with Crippen molar-refractivity contribution in [2.75, 3.05) is 13.1 Å². The van der Waals surface area contributed by atoms with Crippen LogP contribution in [0.3, 0.4) is 0 Å². The van der Waals surface area contributed by atoms with E-state index >= 15 is 0 Å². The van der Waals surface area contributed by atoms with E-state index in [4.69, 9.17) is 0 Å². The molecule has 2 rings (SSSR count). The van der Waals surface area contributed by atoms with Gasteiger partial charge in [0, 0.05) is 30.3 Å². The quantitative estimate of drug-likeness (QED) is 0.599. The van der Waals surface area contributed by atoms with Crippen LogP contribution >= 0.6 is 0 Å². The van der Waals surface area contributed by atoms with E-state index in [1.54, 1.807) is 12.4 Å². The topological polar surface area (TPSA) is 86.6 Å². The Morgan fingerprint density at radius 2 is 2.44 bits per heavy atom. The minimum Gasteiger partial charge on any atom is -0.550 e. The molecule has 18 heavy (non-hydrogen) atoms. The summed E-state index contributed by atoms with van der Waals surface area (Å²) >= 11 is 0. The molecule has 2 atom stereocenters. The third kappa shape index (κ3) is 3.04. The van der Waals surface area contributed by atoms with E-state index in [1.807, 2.05) is 12.1 Å². The van der Waals surface area contributed by atoms with Gasteiger partial charge in [0.2, 0.25) is 0 Å². The molecular formula is C12H15N3O3. The summed E-state index contributed by atoms with van der Waals surface area (Å²) in [6.07, 6.45) is 3.16. The second-order valence-electron chi connectivity index (χ2n) is 4.37. The van der Waals surface area contributed by atoms with Crippen LogP contribution in [0.25, 0.3) is 0 Å². The first-order valence-corrected chi connectivity index (χ1v) is 5.88. The van der Waals surface area contributed by atoms with E-state index in [0.29, 0.717) is 19.6 Å². The highest BCUT2D eigenvalue weighted by molar-refractivity contribution is 5.84. The maximum absolute atomic E-state index is 11.7. The lowest BCUT2D eigenvalue weighted by molar-refractivity contribution is -0.930. The molecule has 1 aromatic heterocycles. The van der Waals surface area contributed by atoms with Crippen LogP contribution < -0.4 is 15.3 Å². The van der Waals surface area contributed by atoms with Crippen molar-refractivity contribution in [1.82, 2.24) is 10.3 Å². The molecule has 0 aromatic carbocycles. The number of carbonyl (C=O) groups is 2. The minimum atomic E-state index is -1.19. The SMILES string of the molecule is O=C([O-])CC1C(=O)NCC[NH+]1Cc1cccnc1. The third-order valence-electron chi connectivity index (χ3n) is 3.08. The Labute approximate surface area is 105 Å².